The van der Waals surface area contributed by atoms with E-state index in [9.17, 15) is 0 Å². The van der Waals surface area contributed by atoms with E-state index in [4.69, 9.17) is 19.4 Å². The number of nitrogens with one attached hydrogen (secondary N) is 1. The standard InChI is InChI=1S/C29H29N7O2/c1-19-8-6-7-9-25(19)32-20(2)17-36(22-12-23(37-4)14-24(13-22)38-5)28-11-10-26-29(34-28)33-27(16-30-26)21-15-31-35(3)18-21/h6-16,18,32H,2,17H2,1,3-5H3. The topological polar surface area (TPSA) is 90.2 Å². The van der Waals surface area contributed by atoms with Crippen molar-refractivity contribution in [2.24, 2.45) is 7.05 Å². The van der Waals surface area contributed by atoms with E-state index in [-0.39, 0.29) is 0 Å². The van der Waals surface area contributed by atoms with Crippen LogP contribution < -0.4 is 19.7 Å². The van der Waals surface area contributed by atoms with Gasteiger partial charge in [0.1, 0.15) is 22.8 Å². The number of ether oxygens (including phenoxy) is 2. The predicted octanol–water partition coefficient (Wildman–Crippen LogP) is 5.51. The van der Waals surface area contributed by atoms with E-state index in [1.165, 1.54) is 0 Å². The molecule has 0 saturated heterocycles. The number of para-hydroxylation sites is 1. The number of anilines is 3. The van der Waals surface area contributed by atoms with Gasteiger partial charge in [0.25, 0.3) is 0 Å². The lowest BCUT2D eigenvalue weighted by Crippen LogP contribution is -2.24. The highest BCUT2D eigenvalue weighted by atomic mass is 16.5. The normalized spacial score (nSPS) is 10.8. The Bertz CT molecular complexity index is 1590. The first-order valence-corrected chi connectivity index (χ1v) is 12.1. The summed E-state index contributed by atoms with van der Waals surface area (Å²) in [4.78, 5) is 16.3. The number of aromatic nitrogens is 5. The first-order valence-electron chi connectivity index (χ1n) is 12.1. The van der Waals surface area contributed by atoms with E-state index in [1.54, 1.807) is 31.3 Å². The number of hydrogen-bond acceptors (Lipinski definition) is 8. The molecule has 0 amide bonds. The van der Waals surface area contributed by atoms with Gasteiger partial charge in [-0.3, -0.25) is 9.67 Å². The first-order chi connectivity index (χ1) is 18.4. The van der Waals surface area contributed by atoms with Crippen molar-refractivity contribution in [1.82, 2.24) is 24.7 Å². The smallest absolute Gasteiger partial charge is 0.180 e. The van der Waals surface area contributed by atoms with Gasteiger partial charge < -0.3 is 19.7 Å². The maximum Gasteiger partial charge on any atom is 0.180 e. The van der Waals surface area contributed by atoms with Crippen LogP contribution in [0, 0.1) is 6.92 Å². The molecule has 0 saturated carbocycles. The molecule has 0 aliphatic rings. The van der Waals surface area contributed by atoms with Crippen LogP contribution in [0.4, 0.5) is 17.2 Å². The van der Waals surface area contributed by atoms with Gasteiger partial charge in [-0.15, -0.1) is 0 Å². The number of methoxy groups -OCH3 is 2. The lowest BCUT2D eigenvalue weighted by molar-refractivity contribution is 0.394. The van der Waals surface area contributed by atoms with Gasteiger partial charge in [0.15, 0.2) is 5.65 Å². The van der Waals surface area contributed by atoms with E-state index < -0.39 is 0 Å². The molecule has 9 nitrogen and oxygen atoms in total. The van der Waals surface area contributed by atoms with Gasteiger partial charge in [-0.05, 0) is 30.7 Å². The maximum absolute atomic E-state index is 5.54. The van der Waals surface area contributed by atoms with Gasteiger partial charge in [0.05, 0.1) is 44.5 Å². The lowest BCUT2D eigenvalue weighted by Gasteiger charge is -2.26. The average Bonchev–Trinajstić information content (AvgIpc) is 3.38. The van der Waals surface area contributed by atoms with Crippen molar-refractivity contribution in [2.45, 2.75) is 6.92 Å². The summed E-state index contributed by atoms with van der Waals surface area (Å²) in [5.74, 6) is 2.01. The van der Waals surface area contributed by atoms with E-state index in [2.05, 4.69) is 35.0 Å². The highest BCUT2D eigenvalue weighted by Crippen LogP contribution is 2.33. The highest BCUT2D eigenvalue weighted by molar-refractivity contribution is 5.77. The Morgan fingerprint density at radius 1 is 1.00 bits per heavy atom. The summed E-state index contributed by atoms with van der Waals surface area (Å²) in [5, 5.41) is 7.69. The molecule has 0 fully saturated rings. The molecule has 9 heteroatoms. The van der Waals surface area contributed by atoms with Gasteiger partial charge in [-0.25, -0.2) is 9.97 Å². The minimum Gasteiger partial charge on any atom is -0.497 e. The zero-order valence-electron chi connectivity index (χ0n) is 21.8. The number of benzene rings is 2. The minimum absolute atomic E-state index is 0.429. The summed E-state index contributed by atoms with van der Waals surface area (Å²) in [5.41, 5.74) is 6.55. The second-order valence-electron chi connectivity index (χ2n) is 8.87. The predicted molar refractivity (Wildman–Crippen MR) is 150 cm³/mol. The molecule has 0 bridgehead atoms. The molecule has 0 spiro atoms. The Hall–Kier alpha value is -4.92. The second-order valence-corrected chi connectivity index (χ2v) is 8.87. The molecule has 38 heavy (non-hydrogen) atoms. The van der Waals surface area contributed by atoms with Gasteiger partial charge in [0.2, 0.25) is 0 Å². The van der Waals surface area contributed by atoms with Gasteiger partial charge in [-0.1, -0.05) is 24.8 Å². The zero-order valence-corrected chi connectivity index (χ0v) is 21.8. The van der Waals surface area contributed by atoms with Gasteiger partial charge in [-0.2, -0.15) is 5.10 Å². The summed E-state index contributed by atoms with van der Waals surface area (Å²) < 4.78 is 12.8. The summed E-state index contributed by atoms with van der Waals surface area (Å²) in [7, 11) is 5.13. The van der Waals surface area contributed by atoms with Gasteiger partial charge >= 0.3 is 0 Å². The van der Waals surface area contributed by atoms with Crippen molar-refractivity contribution in [3.63, 3.8) is 0 Å². The number of aryl methyl sites for hydroxylation is 2. The molecular formula is C29H29N7O2. The summed E-state index contributed by atoms with van der Waals surface area (Å²) >= 11 is 0. The van der Waals surface area contributed by atoms with E-state index in [1.807, 2.05) is 66.7 Å². The van der Waals surface area contributed by atoms with Crippen LogP contribution in [0.3, 0.4) is 0 Å². The number of rotatable bonds is 9. The third-order valence-electron chi connectivity index (χ3n) is 6.12. The van der Waals surface area contributed by atoms with Crippen molar-refractivity contribution in [3.8, 4) is 22.8 Å². The Morgan fingerprint density at radius 3 is 2.45 bits per heavy atom. The SMILES string of the molecule is C=C(CN(c1cc(OC)cc(OC)c1)c1ccc2ncc(-c3cnn(C)c3)nc2n1)Nc1ccccc1C. The summed E-state index contributed by atoms with van der Waals surface area (Å²) in [6.45, 7) is 6.79. The summed E-state index contributed by atoms with van der Waals surface area (Å²) in [6.07, 6.45) is 5.39. The third-order valence-corrected chi connectivity index (χ3v) is 6.12. The Morgan fingerprint density at radius 2 is 1.76 bits per heavy atom. The van der Waals surface area contributed by atoms with Crippen LogP contribution in [0.15, 0.2) is 85.5 Å². The quantitative estimate of drug-likeness (QED) is 0.279. The molecule has 1 N–H and O–H groups in total. The second kappa shape index (κ2) is 10.6. The monoisotopic (exact) mass is 507 g/mol. The number of pyridine rings is 1. The molecule has 0 radical (unpaired) electrons. The van der Waals surface area contributed by atoms with Crippen LogP contribution >= 0.6 is 0 Å². The fourth-order valence-corrected chi connectivity index (χ4v) is 4.12. The largest absolute Gasteiger partial charge is 0.497 e. The molecule has 3 aromatic heterocycles. The molecule has 0 atom stereocenters. The van der Waals surface area contributed by atoms with Crippen LogP contribution in [0.25, 0.3) is 22.4 Å². The Labute approximate surface area is 221 Å². The Balaban J connectivity index is 1.56. The van der Waals surface area contributed by atoms with Crippen molar-refractivity contribution in [2.75, 3.05) is 31.0 Å². The van der Waals surface area contributed by atoms with E-state index >= 15 is 0 Å². The molecule has 5 rings (SSSR count). The fourth-order valence-electron chi connectivity index (χ4n) is 4.12. The van der Waals surface area contributed by atoms with E-state index in [0.29, 0.717) is 40.7 Å². The number of fused-ring (bicyclic) bond motifs is 1. The van der Waals surface area contributed by atoms with Crippen molar-refractivity contribution in [3.05, 3.63) is 91.0 Å². The molecular weight excluding hydrogens is 478 g/mol. The first kappa shape index (κ1) is 24.8. The molecule has 5 aromatic rings. The van der Waals surface area contributed by atoms with Crippen LogP contribution in [0.2, 0.25) is 0 Å². The molecule has 0 aliphatic heterocycles. The minimum atomic E-state index is 0.429. The fraction of sp³-hybridized carbons (Fsp3) is 0.172. The van der Waals surface area contributed by atoms with Crippen LogP contribution in [-0.4, -0.2) is 45.5 Å². The van der Waals surface area contributed by atoms with E-state index in [0.717, 1.165) is 28.2 Å². The number of hydrogen-bond donors (Lipinski definition) is 1. The Kier molecular flexibility index (Phi) is 6.90. The van der Waals surface area contributed by atoms with Crippen molar-refractivity contribution >= 4 is 28.4 Å². The number of nitrogens with zero attached hydrogens (tertiary/aromatic N) is 6. The van der Waals surface area contributed by atoms with Crippen molar-refractivity contribution in [1.29, 1.82) is 0 Å². The molecule has 0 aliphatic carbocycles. The average molecular weight is 508 g/mol. The summed E-state index contributed by atoms with van der Waals surface area (Å²) in [6, 6.07) is 17.6. The van der Waals surface area contributed by atoms with Crippen molar-refractivity contribution < 1.29 is 9.47 Å². The lowest BCUT2D eigenvalue weighted by atomic mass is 10.2. The van der Waals surface area contributed by atoms with Crippen LogP contribution in [0.1, 0.15) is 5.56 Å². The maximum atomic E-state index is 5.54. The highest BCUT2D eigenvalue weighted by Gasteiger charge is 2.17. The molecule has 0 unspecified atom stereocenters. The van der Waals surface area contributed by atoms with Crippen LogP contribution in [-0.2, 0) is 7.05 Å². The zero-order chi connectivity index (χ0) is 26.6. The molecule has 3 heterocycles. The van der Waals surface area contributed by atoms with Crippen LogP contribution in [0.5, 0.6) is 11.5 Å². The molecule has 192 valence electrons. The van der Waals surface area contributed by atoms with Gasteiger partial charge in [0, 0.05) is 48.4 Å². The molecule has 2 aromatic carbocycles. The third kappa shape index (κ3) is 5.27.